The Labute approximate surface area is 136 Å². The van der Waals surface area contributed by atoms with Crippen LogP contribution in [0.25, 0.3) is 0 Å². The number of benzene rings is 1. The lowest BCUT2D eigenvalue weighted by atomic mass is 10.0. The highest BCUT2D eigenvalue weighted by Gasteiger charge is 2.40. The Kier molecular flexibility index (Phi) is 6.08. The maximum Gasteiger partial charge on any atom is 0.133 e. The third kappa shape index (κ3) is 5.28. The van der Waals surface area contributed by atoms with Crippen LogP contribution in [0.15, 0.2) is 22.7 Å². The van der Waals surface area contributed by atoms with E-state index in [2.05, 4.69) is 28.2 Å². The van der Waals surface area contributed by atoms with Gasteiger partial charge >= 0.3 is 0 Å². The number of halogens is 1. The van der Waals surface area contributed by atoms with Gasteiger partial charge in [-0.2, -0.15) is 0 Å². The molecule has 0 aromatic heterocycles. The summed E-state index contributed by atoms with van der Waals surface area (Å²) in [6.45, 7) is 6.20. The first-order valence-electron chi connectivity index (χ1n) is 7.82. The predicted octanol–water partition coefficient (Wildman–Crippen LogP) is 3.67. The van der Waals surface area contributed by atoms with Crippen molar-refractivity contribution in [1.82, 2.24) is 5.32 Å². The first-order valence-corrected chi connectivity index (χ1v) is 8.62. The highest BCUT2D eigenvalue weighted by Crippen LogP contribution is 2.48. The molecule has 2 rings (SSSR count). The largest absolute Gasteiger partial charge is 0.490 e. The fourth-order valence-corrected chi connectivity index (χ4v) is 3.30. The zero-order chi connectivity index (χ0) is 15.3. The summed E-state index contributed by atoms with van der Waals surface area (Å²) in [7, 11) is 0. The van der Waals surface area contributed by atoms with Gasteiger partial charge in [0.25, 0.3) is 0 Å². The highest BCUT2D eigenvalue weighted by atomic mass is 79.9. The minimum Gasteiger partial charge on any atom is -0.490 e. The second-order valence-corrected chi connectivity index (χ2v) is 7.13. The van der Waals surface area contributed by atoms with Crippen molar-refractivity contribution in [3.8, 4) is 5.75 Å². The average Bonchev–Trinajstić information content (AvgIpc) is 3.18. The molecule has 118 valence electrons. The molecular formula is C17H26BrNO2. The molecule has 0 spiro atoms. The Hall–Kier alpha value is -0.580. The van der Waals surface area contributed by atoms with Gasteiger partial charge in [-0.15, -0.1) is 0 Å². The second kappa shape index (κ2) is 7.61. The van der Waals surface area contributed by atoms with E-state index in [1.807, 2.05) is 25.1 Å². The molecule has 1 unspecified atom stereocenters. The van der Waals surface area contributed by atoms with Crippen LogP contribution >= 0.6 is 15.9 Å². The molecule has 1 aliphatic rings. The molecule has 1 atom stereocenters. The van der Waals surface area contributed by atoms with Crippen molar-refractivity contribution < 1.29 is 9.84 Å². The van der Waals surface area contributed by atoms with E-state index >= 15 is 0 Å². The fraction of sp³-hybridized carbons (Fsp3) is 0.647. The molecule has 1 saturated carbocycles. The summed E-state index contributed by atoms with van der Waals surface area (Å²) in [6, 6.07) is 5.95. The summed E-state index contributed by atoms with van der Waals surface area (Å²) in [5, 5.41) is 13.4. The van der Waals surface area contributed by atoms with E-state index in [-0.39, 0.29) is 0 Å². The van der Waals surface area contributed by atoms with E-state index in [4.69, 9.17) is 4.74 Å². The normalized spacial score (nSPS) is 17.5. The Bertz CT molecular complexity index is 460. The van der Waals surface area contributed by atoms with Gasteiger partial charge in [0.05, 0.1) is 4.47 Å². The summed E-state index contributed by atoms with van der Waals surface area (Å²) >= 11 is 3.48. The summed E-state index contributed by atoms with van der Waals surface area (Å²) in [5.41, 5.74) is 1.71. The lowest BCUT2D eigenvalue weighted by molar-refractivity contribution is 0.104. The van der Waals surface area contributed by atoms with Gasteiger partial charge in [-0.25, -0.2) is 0 Å². The zero-order valence-electron chi connectivity index (χ0n) is 13.0. The lowest BCUT2D eigenvalue weighted by Gasteiger charge is -2.18. The number of rotatable bonds is 9. The van der Waals surface area contributed by atoms with Gasteiger partial charge in [0.2, 0.25) is 0 Å². The number of aliphatic hydroxyl groups excluding tert-OH is 1. The van der Waals surface area contributed by atoms with Crippen LogP contribution in [0.3, 0.4) is 0 Å². The van der Waals surface area contributed by atoms with Crippen molar-refractivity contribution in [2.24, 2.45) is 5.41 Å². The van der Waals surface area contributed by atoms with E-state index in [9.17, 15) is 5.11 Å². The van der Waals surface area contributed by atoms with Crippen LogP contribution in [0.5, 0.6) is 5.75 Å². The van der Waals surface area contributed by atoms with E-state index in [1.165, 1.54) is 31.2 Å². The van der Waals surface area contributed by atoms with E-state index in [0.29, 0.717) is 18.6 Å². The Morgan fingerprint density at radius 1 is 1.43 bits per heavy atom. The smallest absolute Gasteiger partial charge is 0.133 e. The molecule has 1 aromatic carbocycles. The molecule has 0 bridgehead atoms. The van der Waals surface area contributed by atoms with Crippen molar-refractivity contribution >= 4 is 15.9 Å². The van der Waals surface area contributed by atoms with Crippen LogP contribution < -0.4 is 10.1 Å². The molecule has 0 heterocycles. The molecule has 2 N–H and O–H groups in total. The summed E-state index contributed by atoms with van der Waals surface area (Å²) < 4.78 is 6.60. The van der Waals surface area contributed by atoms with E-state index < -0.39 is 6.10 Å². The molecule has 1 aliphatic carbocycles. The van der Waals surface area contributed by atoms with Gasteiger partial charge in [-0.1, -0.05) is 19.4 Å². The zero-order valence-corrected chi connectivity index (χ0v) is 14.6. The fourth-order valence-electron chi connectivity index (χ4n) is 2.69. The summed E-state index contributed by atoms with van der Waals surface area (Å²) in [5.74, 6) is 0.782. The molecule has 21 heavy (non-hydrogen) atoms. The SMILES string of the molecule is CCCC1(CNCC(O)COc2ccc(C)cc2Br)CC1. The standard InChI is InChI=1S/C17H26BrNO2/c1-3-6-17(7-8-17)12-19-10-14(20)11-21-16-5-4-13(2)9-15(16)18/h4-5,9,14,19-20H,3,6-8,10-12H2,1-2H3. The van der Waals surface area contributed by atoms with Gasteiger partial charge in [-0.3, -0.25) is 0 Å². The number of hydrogen-bond donors (Lipinski definition) is 2. The van der Waals surface area contributed by atoms with Crippen LogP contribution in [-0.4, -0.2) is 30.9 Å². The third-order valence-corrected chi connectivity index (χ3v) is 4.76. The lowest BCUT2D eigenvalue weighted by Crippen LogP contribution is -2.34. The van der Waals surface area contributed by atoms with Crippen LogP contribution in [0.1, 0.15) is 38.2 Å². The molecular weight excluding hydrogens is 330 g/mol. The number of ether oxygens (including phenoxy) is 1. The average molecular weight is 356 g/mol. The number of aryl methyl sites for hydroxylation is 1. The second-order valence-electron chi connectivity index (χ2n) is 6.28. The first-order chi connectivity index (χ1) is 10.0. The molecule has 0 amide bonds. The quantitative estimate of drug-likeness (QED) is 0.710. The molecule has 4 heteroatoms. The molecule has 3 nitrogen and oxygen atoms in total. The van der Waals surface area contributed by atoms with Gasteiger partial charge in [0, 0.05) is 13.1 Å². The van der Waals surface area contributed by atoms with E-state index in [1.54, 1.807) is 0 Å². The summed E-state index contributed by atoms with van der Waals surface area (Å²) in [6.07, 6.45) is 4.72. The molecule has 1 fully saturated rings. The first kappa shape index (κ1) is 16.8. The van der Waals surface area contributed by atoms with Crippen LogP contribution in [0.2, 0.25) is 0 Å². The van der Waals surface area contributed by atoms with Crippen LogP contribution in [-0.2, 0) is 0 Å². The maximum atomic E-state index is 10.0. The minimum absolute atomic E-state index is 0.315. The summed E-state index contributed by atoms with van der Waals surface area (Å²) in [4.78, 5) is 0. The van der Waals surface area contributed by atoms with E-state index in [0.717, 1.165) is 16.8 Å². The Balaban J connectivity index is 1.66. The van der Waals surface area contributed by atoms with Crippen molar-refractivity contribution in [2.45, 2.75) is 45.6 Å². The topological polar surface area (TPSA) is 41.5 Å². The van der Waals surface area contributed by atoms with Gasteiger partial charge in [0.15, 0.2) is 0 Å². The Morgan fingerprint density at radius 3 is 2.81 bits per heavy atom. The van der Waals surface area contributed by atoms with Crippen molar-refractivity contribution in [3.05, 3.63) is 28.2 Å². The van der Waals surface area contributed by atoms with Crippen LogP contribution in [0, 0.1) is 12.3 Å². The molecule has 1 aromatic rings. The van der Waals surface area contributed by atoms with Crippen molar-refractivity contribution in [1.29, 1.82) is 0 Å². The highest BCUT2D eigenvalue weighted by molar-refractivity contribution is 9.10. The third-order valence-electron chi connectivity index (χ3n) is 4.14. The monoisotopic (exact) mass is 355 g/mol. The van der Waals surface area contributed by atoms with Crippen molar-refractivity contribution in [2.75, 3.05) is 19.7 Å². The van der Waals surface area contributed by atoms with Gasteiger partial charge in [-0.05, 0) is 65.2 Å². The number of aliphatic hydroxyl groups is 1. The molecule has 0 radical (unpaired) electrons. The van der Waals surface area contributed by atoms with Crippen molar-refractivity contribution in [3.63, 3.8) is 0 Å². The van der Waals surface area contributed by atoms with Crippen LogP contribution in [0.4, 0.5) is 0 Å². The number of nitrogens with one attached hydrogen (secondary N) is 1. The molecule has 0 saturated heterocycles. The maximum absolute atomic E-state index is 10.0. The predicted molar refractivity (Wildman–Crippen MR) is 89.8 cm³/mol. The van der Waals surface area contributed by atoms with Gasteiger partial charge < -0.3 is 15.2 Å². The van der Waals surface area contributed by atoms with Gasteiger partial charge in [0.1, 0.15) is 18.5 Å². The minimum atomic E-state index is -0.476. The molecule has 0 aliphatic heterocycles. The number of hydrogen-bond acceptors (Lipinski definition) is 3. The Morgan fingerprint density at radius 2 is 2.19 bits per heavy atom.